The van der Waals surface area contributed by atoms with Gasteiger partial charge in [-0.2, -0.15) is 0 Å². The number of aromatic nitrogens is 2. The number of rotatable bonds is 3. The van der Waals surface area contributed by atoms with Crippen molar-refractivity contribution < 1.29 is 9.90 Å². The summed E-state index contributed by atoms with van der Waals surface area (Å²) in [5.41, 5.74) is 5.30. The summed E-state index contributed by atoms with van der Waals surface area (Å²) in [6.07, 6.45) is 0. The molecule has 0 amide bonds. The van der Waals surface area contributed by atoms with Crippen LogP contribution in [0.4, 0.5) is 5.95 Å². The van der Waals surface area contributed by atoms with Crippen LogP contribution >= 0.6 is 23.4 Å². The highest BCUT2D eigenvalue weighted by atomic mass is 35.5. The first-order valence-electron chi connectivity index (χ1n) is 3.22. The fourth-order valence-electron chi connectivity index (χ4n) is 0.623. The van der Waals surface area contributed by atoms with Crippen LogP contribution in [0.15, 0.2) is 11.1 Å². The van der Waals surface area contributed by atoms with Gasteiger partial charge in [-0.15, -0.1) is 0 Å². The van der Waals surface area contributed by atoms with Gasteiger partial charge in [0.05, 0.1) is 5.75 Å². The molecule has 0 aliphatic rings. The van der Waals surface area contributed by atoms with Crippen molar-refractivity contribution in [1.29, 1.82) is 0 Å². The third kappa shape index (κ3) is 3.47. The molecule has 5 nitrogen and oxygen atoms in total. The molecule has 0 aromatic carbocycles. The molecule has 70 valence electrons. The summed E-state index contributed by atoms with van der Waals surface area (Å²) in [6, 6.07) is 1.46. The van der Waals surface area contributed by atoms with Crippen molar-refractivity contribution in [1.82, 2.24) is 9.97 Å². The summed E-state index contributed by atoms with van der Waals surface area (Å²) in [5.74, 6) is -0.953. The van der Waals surface area contributed by atoms with E-state index in [0.717, 1.165) is 11.8 Å². The lowest BCUT2D eigenvalue weighted by molar-refractivity contribution is -0.133. The van der Waals surface area contributed by atoms with Crippen molar-refractivity contribution in [3.8, 4) is 0 Å². The highest BCUT2D eigenvalue weighted by molar-refractivity contribution is 7.99. The van der Waals surface area contributed by atoms with Crippen molar-refractivity contribution in [3.63, 3.8) is 0 Å². The Balaban J connectivity index is 2.71. The Bertz CT molecular complexity index is 313. The fraction of sp³-hybridized carbons (Fsp3) is 0.167. The maximum absolute atomic E-state index is 10.2. The highest BCUT2D eigenvalue weighted by Gasteiger charge is 2.03. The summed E-state index contributed by atoms with van der Waals surface area (Å²) in [6.45, 7) is 0. The molecule has 0 aliphatic heterocycles. The second-order valence-corrected chi connectivity index (χ2v) is 3.45. The van der Waals surface area contributed by atoms with Crippen LogP contribution in [0.25, 0.3) is 0 Å². The lowest BCUT2D eigenvalue weighted by Crippen LogP contribution is -2.00. The topological polar surface area (TPSA) is 89.1 Å². The molecule has 1 aromatic rings. The molecule has 0 radical (unpaired) electrons. The molecule has 0 saturated heterocycles. The number of halogens is 1. The zero-order valence-electron chi connectivity index (χ0n) is 6.40. The molecule has 0 fully saturated rings. The second-order valence-electron chi connectivity index (χ2n) is 2.07. The first kappa shape index (κ1) is 10.1. The number of aliphatic carboxylic acids is 1. The molecule has 7 heteroatoms. The number of anilines is 1. The van der Waals surface area contributed by atoms with Crippen molar-refractivity contribution >= 4 is 35.3 Å². The van der Waals surface area contributed by atoms with Crippen LogP contribution in [0.1, 0.15) is 0 Å². The molecule has 1 rings (SSSR count). The Morgan fingerprint density at radius 1 is 1.69 bits per heavy atom. The van der Waals surface area contributed by atoms with E-state index in [1.807, 2.05) is 0 Å². The standard InChI is InChI=1S/C6H6ClN3O2S/c7-3-1-4(10-6(8)9-3)13-2-5(11)12/h1H,2H2,(H,11,12)(H2,8,9,10). The summed E-state index contributed by atoms with van der Waals surface area (Å²) < 4.78 is 0. The third-order valence-corrected chi connectivity index (χ3v) is 2.12. The first-order chi connectivity index (χ1) is 6.08. The predicted molar refractivity (Wildman–Crippen MR) is 49.8 cm³/mol. The molecule has 1 aromatic heterocycles. The quantitative estimate of drug-likeness (QED) is 0.580. The van der Waals surface area contributed by atoms with E-state index >= 15 is 0 Å². The van der Waals surface area contributed by atoms with Gasteiger partial charge in [-0.05, 0) is 0 Å². The van der Waals surface area contributed by atoms with E-state index in [4.69, 9.17) is 22.4 Å². The Hall–Kier alpha value is -1.01. The number of hydrogen-bond acceptors (Lipinski definition) is 5. The van der Waals surface area contributed by atoms with Crippen LogP contribution in [0, 0.1) is 0 Å². The first-order valence-corrected chi connectivity index (χ1v) is 4.59. The monoisotopic (exact) mass is 219 g/mol. The van der Waals surface area contributed by atoms with Crippen molar-refractivity contribution in [2.45, 2.75) is 5.03 Å². The highest BCUT2D eigenvalue weighted by Crippen LogP contribution is 2.18. The van der Waals surface area contributed by atoms with E-state index in [9.17, 15) is 4.79 Å². The van der Waals surface area contributed by atoms with Gasteiger partial charge in [-0.1, -0.05) is 23.4 Å². The Kier molecular flexibility index (Phi) is 3.32. The van der Waals surface area contributed by atoms with Crippen LogP contribution in [0.3, 0.4) is 0 Å². The predicted octanol–water partition coefficient (Wildman–Crippen LogP) is 0.889. The Morgan fingerprint density at radius 3 is 2.92 bits per heavy atom. The van der Waals surface area contributed by atoms with E-state index in [1.54, 1.807) is 0 Å². The number of carboxylic acids is 1. The van der Waals surface area contributed by atoms with Gasteiger partial charge in [0.25, 0.3) is 0 Å². The molecular weight excluding hydrogens is 214 g/mol. The number of nitrogens with two attached hydrogens (primary N) is 1. The zero-order valence-corrected chi connectivity index (χ0v) is 7.97. The Labute approximate surface area is 83.3 Å². The number of thioether (sulfide) groups is 1. The number of carbonyl (C=O) groups is 1. The van der Waals surface area contributed by atoms with Gasteiger partial charge in [0, 0.05) is 6.07 Å². The van der Waals surface area contributed by atoms with Crippen LogP contribution in [-0.4, -0.2) is 26.8 Å². The summed E-state index contributed by atoms with van der Waals surface area (Å²) in [4.78, 5) is 17.6. The maximum Gasteiger partial charge on any atom is 0.313 e. The van der Waals surface area contributed by atoms with Crippen molar-refractivity contribution in [3.05, 3.63) is 11.2 Å². The SMILES string of the molecule is Nc1nc(Cl)cc(SCC(=O)O)n1. The average Bonchev–Trinajstić information content (AvgIpc) is 1.99. The number of nitrogen functional groups attached to an aromatic ring is 1. The van der Waals surface area contributed by atoms with Gasteiger partial charge in [-0.3, -0.25) is 4.79 Å². The lowest BCUT2D eigenvalue weighted by atomic mass is 10.7. The molecule has 0 saturated carbocycles. The van der Waals surface area contributed by atoms with Gasteiger partial charge in [0.15, 0.2) is 0 Å². The van der Waals surface area contributed by atoms with E-state index < -0.39 is 5.97 Å². The number of nitrogens with zero attached hydrogens (tertiary/aromatic N) is 2. The maximum atomic E-state index is 10.2. The third-order valence-electron chi connectivity index (χ3n) is 1.03. The van der Waals surface area contributed by atoms with E-state index in [-0.39, 0.29) is 16.9 Å². The van der Waals surface area contributed by atoms with Crippen molar-refractivity contribution in [2.75, 3.05) is 11.5 Å². The lowest BCUT2D eigenvalue weighted by Gasteiger charge is -1.99. The van der Waals surface area contributed by atoms with Crippen LogP contribution in [0.5, 0.6) is 0 Å². The molecule has 3 N–H and O–H groups in total. The molecule has 1 heterocycles. The van der Waals surface area contributed by atoms with E-state index in [2.05, 4.69) is 9.97 Å². The minimum absolute atomic E-state index is 0.0420. The van der Waals surface area contributed by atoms with E-state index in [1.165, 1.54) is 6.07 Å². The largest absolute Gasteiger partial charge is 0.481 e. The summed E-state index contributed by atoms with van der Waals surface area (Å²) in [5, 5.41) is 9.05. The number of hydrogen-bond donors (Lipinski definition) is 2. The molecule has 0 aliphatic carbocycles. The van der Waals surface area contributed by atoms with Gasteiger partial charge < -0.3 is 10.8 Å². The van der Waals surface area contributed by atoms with E-state index in [0.29, 0.717) is 5.03 Å². The summed E-state index contributed by atoms with van der Waals surface area (Å²) >= 11 is 6.62. The molecular formula is C6H6ClN3O2S. The average molecular weight is 220 g/mol. The molecule has 0 unspecified atom stereocenters. The smallest absolute Gasteiger partial charge is 0.313 e. The molecule has 13 heavy (non-hydrogen) atoms. The second kappa shape index (κ2) is 4.29. The minimum atomic E-state index is -0.918. The fourth-order valence-corrected chi connectivity index (χ4v) is 1.50. The van der Waals surface area contributed by atoms with Gasteiger partial charge in [0.2, 0.25) is 5.95 Å². The van der Waals surface area contributed by atoms with Crippen LogP contribution < -0.4 is 5.73 Å². The molecule has 0 atom stereocenters. The normalized spacial score (nSPS) is 9.92. The van der Waals surface area contributed by atoms with Gasteiger partial charge >= 0.3 is 5.97 Å². The van der Waals surface area contributed by atoms with Crippen LogP contribution in [0.2, 0.25) is 5.15 Å². The van der Waals surface area contributed by atoms with Crippen molar-refractivity contribution in [2.24, 2.45) is 0 Å². The van der Waals surface area contributed by atoms with Gasteiger partial charge in [-0.25, -0.2) is 9.97 Å². The number of carboxylic acid groups (broad SMARTS) is 1. The minimum Gasteiger partial charge on any atom is -0.481 e. The summed E-state index contributed by atoms with van der Waals surface area (Å²) in [7, 11) is 0. The molecule has 0 spiro atoms. The Morgan fingerprint density at radius 2 is 2.38 bits per heavy atom. The molecule has 0 bridgehead atoms. The van der Waals surface area contributed by atoms with Gasteiger partial charge in [0.1, 0.15) is 10.2 Å². The zero-order chi connectivity index (χ0) is 9.84. The van der Waals surface area contributed by atoms with Crippen LogP contribution in [-0.2, 0) is 4.79 Å².